The maximum Gasteiger partial charge on any atom is 0.335 e. The van der Waals surface area contributed by atoms with Gasteiger partial charge in [0.05, 0.1) is 12.2 Å². The molecule has 0 amide bonds. The molecule has 0 bridgehead atoms. The summed E-state index contributed by atoms with van der Waals surface area (Å²) < 4.78 is 5.74. The van der Waals surface area contributed by atoms with Gasteiger partial charge in [0.25, 0.3) is 0 Å². The zero-order valence-corrected chi connectivity index (χ0v) is 9.45. The second-order valence-electron chi connectivity index (χ2n) is 3.06. The van der Waals surface area contributed by atoms with Crippen LogP contribution in [0, 0.1) is 0 Å². The first-order chi connectivity index (χ1) is 7.25. The van der Waals surface area contributed by atoms with Crippen LogP contribution in [0.1, 0.15) is 6.42 Å². The lowest BCUT2D eigenvalue weighted by atomic mass is 10.2. The summed E-state index contributed by atoms with van der Waals surface area (Å²) in [5.41, 5.74) is 0.650. The van der Waals surface area contributed by atoms with E-state index in [2.05, 4.69) is 26.2 Å². The van der Waals surface area contributed by atoms with E-state index in [9.17, 15) is 4.79 Å². The van der Waals surface area contributed by atoms with Crippen molar-refractivity contribution in [2.45, 2.75) is 6.42 Å². The van der Waals surface area contributed by atoms with E-state index in [4.69, 9.17) is 4.74 Å². The van der Waals surface area contributed by atoms with Crippen LogP contribution in [0.15, 0.2) is 34.6 Å². The third-order valence-electron chi connectivity index (χ3n) is 1.98. The number of anilines is 1. The number of carbonyl (C=O) groups is 1. The fraction of sp³-hybridized carbons (Fsp3) is 0.200. The van der Waals surface area contributed by atoms with Gasteiger partial charge in [-0.3, -0.25) is 0 Å². The van der Waals surface area contributed by atoms with Crippen molar-refractivity contribution in [1.82, 2.24) is 4.98 Å². The number of esters is 1. The summed E-state index contributed by atoms with van der Waals surface area (Å²) in [5.74, 6) is 0.439. The first kappa shape index (κ1) is 10.2. The first-order valence-corrected chi connectivity index (χ1v) is 5.29. The van der Waals surface area contributed by atoms with Crippen LogP contribution in [0.3, 0.4) is 0 Å². The zero-order chi connectivity index (χ0) is 10.7. The molecule has 1 aromatic rings. The maximum atomic E-state index is 11.1. The average Bonchev–Trinajstić information content (AvgIpc) is 2.61. The van der Waals surface area contributed by atoms with Crippen LogP contribution in [-0.4, -0.2) is 17.6 Å². The minimum Gasteiger partial charge on any atom is -0.462 e. The van der Waals surface area contributed by atoms with Crippen molar-refractivity contribution in [3.05, 3.63) is 34.6 Å². The Morgan fingerprint density at radius 1 is 1.60 bits per heavy atom. The minimum absolute atomic E-state index is 0.252. The fourth-order valence-electron chi connectivity index (χ4n) is 1.22. The molecule has 5 heteroatoms. The lowest BCUT2D eigenvalue weighted by molar-refractivity contribution is -0.135. The van der Waals surface area contributed by atoms with Gasteiger partial charge in [-0.1, -0.05) is 15.9 Å². The Kier molecular flexibility index (Phi) is 3.01. The average molecular weight is 269 g/mol. The van der Waals surface area contributed by atoms with Gasteiger partial charge < -0.3 is 10.1 Å². The number of cyclic esters (lactones) is 1. The van der Waals surface area contributed by atoms with E-state index >= 15 is 0 Å². The molecule has 2 rings (SSSR count). The Morgan fingerprint density at radius 2 is 2.47 bits per heavy atom. The molecule has 1 aliphatic rings. The fourth-order valence-corrected chi connectivity index (χ4v) is 1.56. The van der Waals surface area contributed by atoms with Crippen molar-refractivity contribution in [3.63, 3.8) is 0 Å². The van der Waals surface area contributed by atoms with E-state index in [-0.39, 0.29) is 5.97 Å². The third kappa shape index (κ3) is 2.56. The van der Waals surface area contributed by atoms with Crippen molar-refractivity contribution in [3.8, 4) is 0 Å². The molecule has 0 atom stereocenters. The lowest BCUT2D eigenvalue weighted by Gasteiger charge is -2.00. The third-order valence-corrected chi connectivity index (χ3v) is 2.48. The molecule has 1 N–H and O–H groups in total. The Labute approximate surface area is 95.5 Å². The highest BCUT2D eigenvalue weighted by atomic mass is 79.9. The molecule has 0 saturated carbocycles. The normalized spacial score (nSPS) is 17.9. The maximum absolute atomic E-state index is 11.1. The number of nitrogens with one attached hydrogen (secondary N) is 1. The number of rotatable bonds is 2. The molecular weight excluding hydrogens is 260 g/mol. The minimum atomic E-state index is -0.252. The molecule has 0 radical (unpaired) electrons. The van der Waals surface area contributed by atoms with Gasteiger partial charge in [0, 0.05) is 23.3 Å². The molecule has 2 heterocycles. The predicted octanol–water partition coefficient (Wildman–Crippen LogP) is 2.09. The summed E-state index contributed by atoms with van der Waals surface area (Å²) in [5, 5.41) is 2.95. The van der Waals surface area contributed by atoms with E-state index in [0.29, 0.717) is 24.4 Å². The van der Waals surface area contributed by atoms with E-state index < -0.39 is 0 Å². The number of pyridine rings is 1. The van der Waals surface area contributed by atoms with Gasteiger partial charge in [0.1, 0.15) is 5.82 Å². The summed E-state index contributed by atoms with van der Waals surface area (Å²) in [6.07, 6.45) is 3.97. The summed E-state index contributed by atoms with van der Waals surface area (Å²) in [7, 11) is 0. The second-order valence-corrected chi connectivity index (χ2v) is 3.97. The van der Waals surface area contributed by atoms with Crippen LogP contribution < -0.4 is 5.32 Å². The van der Waals surface area contributed by atoms with Crippen molar-refractivity contribution >= 4 is 27.7 Å². The van der Waals surface area contributed by atoms with E-state index in [1.165, 1.54) is 0 Å². The van der Waals surface area contributed by atoms with Crippen molar-refractivity contribution in [1.29, 1.82) is 0 Å². The van der Waals surface area contributed by atoms with E-state index in [1.54, 1.807) is 12.4 Å². The molecule has 1 aromatic heterocycles. The van der Waals surface area contributed by atoms with Crippen LogP contribution in [0.5, 0.6) is 0 Å². The summed E-state index contributed by atoms with van der Waals surface area (Å²) in [4.78, 5) is 15.2. The molecule has 0 aliphatic carbocycles. The molecule has 78 valence electrons. The zero-order valence-electron chi connectivity index (χ0n) is 7.87. The standard InChI is InChI=1S/C10H9BrN2O2/c11-8-1-3-12-9(5-8)13-6-7-2-4-15-10(7)14/h1,3,5-6H,2,4H2,(H,12,13)/b7-6+. The van der Waals surface area contributed by atoms with Gasteiger partial charge in [0.15, 0.2) is 0 Å². The van der Waals surface area contributed by atoms with Crippen molar-refractivity contribution in [2.24, 2.45) is 0 Å². The van der Waals surface area contributed by atoms with Gasteiger partial charge in [-0.2, -0.15) is 0 Å². The lowest BCUT2D eigenvalue weighted by Crippen LogP contribution is -1.99. The Bertz CT molecular complexity index is 418. The van der Waals surface area contributed by atoms with Gasteiger partial charge in [0.2, 0.25) is 0 Å². The summed E-state index contributed by atoms with van der Waals surface area (Å²) in [6, 6.07) is 3.67. The van der Waals surface area contributed by atoms with Gasteiger partial charge in [-0.05, 0) is 12.1 Å². The van der Waals surface area contributed by atoms with Crippen LogP contribution in [-0.2, 0) is 9.53 Å². The van der Waals surface area contributed by atoms with Crippen molar-refractivity contribution in [2.75, 3.05) is 11.9 Å². The van der Waals surface area contributed by atoms with Gasteiger partial charge in [-0.15, -0.1) is 0 Å². The Morgan fingerprint density at radius 3 is 3.13 bits per heavy atom. The molecule has 4 nitrogen and oxygen atoms in total. The monoisotopic (exact) mass is 268 g/mol. The SMILES string of the molecule is O=C1OCC/C1=C\Nc1cc(Br)ccn1. The highest BCUT2D eigenvalue weighted by molar-refractivity contribution is 9.10. The largest absolute Gasteiger partial charge is 0.462 e. The second kappa shape index (κ2) is 4.44. The molecule has 1 saturated heterocycles. The van der Waals surface area contributed by atoms with Crippen LogP contribution in [0.25, 0.3) is 0 Å². The molecule has 0 aromatic carbocycles. The number of nitrogens with zero attached hydrogens (tertiary/aromatic N) is 1. The Hall–Kier alpha value is -1.36. The molecule has 15 heavy (non-hydrogen) atoms. The van der Waals surface area contributed by atoms with Crippen LogP contribution in [0.2, 0.25) is 0 Å². The number of aromatic nitrogens is 1. The summed E-state index contributed by atoms with van der Waals surface area (Å²) >= 11 is 3.34. The first-order valence-electron chi connectivity index (χ1n) is 4.50. The Balaban J connectivity index is 2.06. The number of hydrogen-bond donors (Lipinski definition) is 1. The number of ether oxygens (including phenoxy) is 1. The molecular formula is C10H9BrN2O2. The topological polar surface area (TPSA) is 51.2 Å². The molecule has 0 unspecified atom stereocenters. The van der Waals surface area contributed by atoms with Crippen molar-refractivity contribution < 1.29 is 9.53 Å². The molecule has 1 aliphatic heterocycles. The molecule has 1 fully saturated rings. The summed E-state index contributed by atoms with van der Waals surface area (Å²) in [6.45, 7) is 0.470. The predicted molar refractivity (Wildman–Crippen MR) is 59.2 cm³/mol. The van der Waals surface area contributed by atoms with E-state index in [0.717, 1.165) is 4.47 Å². The molecule has 0 spiro atoms. The van der Waals surface area contributed by atoms with Gasteiger partial charge >= 0.3 is 5.97 Å². The van der Waals surface area contributed by atoms with E-state index in [1.807, 2.05) is 12.1 Å². The van der Waals surface area contributed by atoms with Crippen LogP contribution >= 0.6 is 15.9 Å². The van der Waals surface area contributed by atoms with Crippen LogP contribution in [0.4, 0.5) is 5.82 Å². The highest BCUT2D eigenvalue weighted by Gasteiger charge is 2.17. The number of halogens is 1. The number of hydrogen-bond acceptors (Lipinski definition) is 4. The smallest absolute Gasteiger partial charge is 0.335 e. The van der Waals surface area contributed by atoms with Gasteiger partial charge in [-0.25, -0.2) is 9.78 Å². The highest BCUT2D eigenvalue weighted by Crippen LogP contribution is 2.15. The quantitative estimate of drug-likeness (QED) is 0.659. The number of carbonyl (C=O) groups excluding carboxylic acids is 1.